The topological polar surface area (TPSA) is 81.8 Å². The van der Waals surface area contributed by atoms with Gasteiger partial charge in [-0.1, -0.05) is 50.2 Å². The van der Waals surface area contributed by atoms with Gasteiger partial charge in [0.1, 0.15) is 11.6 Å². The molecule has 7 nitrogen and oxygen atoms in total. The van der Waals surface area contributed by atoms with Gasteiger partial charge in [-0.05, 0) is 56.9 Å². The second-order valence-corrected chi connectivity index (χ2v) is 8.27. The monoisotopic (exact) mass is 443 g/mol. The van der Waals surface area contributed by atoms with Crippen LogP contribution in [0.2, 0.25) is 0 Å². The van der Waals surface area contributed by atoms with E-state index in [1.165, 1.54) is 4.68 Å². The molecule has 0 aliphatic carbocycles. The Hall–Kier alpha value is -3.74. The second-order valence-electron chi connectivity index (χ2n) is 8.27. The lowest BCUT2D eigenvalue weighted by Gasteiger charge is -2.19. The van der Waals surface area contributed by atoms with Gasteiger partial charge in [0, 0.05) is 5.69 Å². The fraction of sp³-hybridized carbons (Fsp3) is 0.308. The van der Waals surface area contributed by atoms with Crippen molar-refractivity contribution in [1.29, 1.82) is 0 Å². The smallest absolute Gasteiger partial charge is 0.278 e. The van der Waals surface area contributed by atoms with Crippen molar-refractivity contribution < 1.29 is 4.79 Å². The standard InChI is InChI=1S/C26H29N5O2/c1-6-19-13-11-12-16(3)23(19)27-25(32)21(7-2)31-26(33)22-18(5)30(20-14-9-8-10-15-20)29-24(22)17(4)28-31/h8-15,21H,6-7H2,1-5H3,(H,27,32). The molecule has 1 unspecified atom stereocenters. The van der Waals surface area contributed by atoms with Crippen molar-refractivity contribution in [2.24, 2.45) is 0 Å². The summed E-state index contributed by atoms with van der Waals surface area (Å²) in [4.78, 5) is 26.9. The third-order valence-corrected chi connectivity index (χ3v) is 6.11. The summed E-state index contributed by atoms with van der Waals surface area (Å²) < 4.78 is 3.08. The second kappa shape index (κ2) is 9.02. The highest BCUT2D eigenvalue weighted by Gasteiger charge is 2.26. The van der Waals surface area contributed by atoms with Crippen molar-refractivity contribution in [1.82, 2.24) is 19.6 Å². The number of carbonyl (C=O) groups excluding carboxylic acids is 1. The molecule has 2 aromatic carbocycles. The van der Waals surface area contributed by atoms with Gasteiger partial charge in [0.05, 0.1) is 22.5 Å². The fourth-order valence-electron chi connectivity index (χ4n) is 4.29. The van der Waals surface area contributed by atoms with E-state index >= 15 is 0 Å². The maximum atomic E-state index is 13.6. The molecule has 170 valence electrons. The van der Waals surface area contributed by atoms with Gasteiger partial charge in [-0.2, -0.15) is 10.2 Å². The molecule has 1 atom stereocenters. The number of carbonyl (C=O) groups is 1. The summed E-state index contributed by atoms with van der Waals surface area (Å²) in [6.07, 6.45) is 1.23. The van der Waals surface area contributed by atoms with E-state index in [0.717, 1.165) is 34.6 Å². The number of hydrogen-bond donors (Lipinski definition) is 1. The SMILES string of the molecule is CCc1cccc(C)c1NC(=O)C(CC)n1nc(C)c2nn(-c3ccccc3)c(C)c2c1=O. The number of nitrogens with one attached hydrogen (secondary N) is 1. The zero-order chi connectivity index (χ0) is 23.7. The van der Waals surface area contributed by atoms with Crippen molar-refractivity contribution in [2.45, 2.75) is 53.5 Å². The number of hydrogen-bond acceptors (Lipinski definition) is 4. The molecule has 4 rings (SSSR count). The molecule has 1 N–H and O–H groups in total. The Morgan fingerprint density at radius 2 is 1.73 bits per heavy atom. The van der Waals surface area contributed by atoms with E-state index in [-0.39, 0.29) is 11.5 Å². The van der Waals surface area contributed by atoms with Gasteiger partial charge in [-0.15, -0.1) is 0 Å². The van der Waals surface area contributed by atoms with Crippen LogP contribution >= 0.6 is 0 Å². The van der Waals surface area contributed by atoms with E-state index in [4.69, 9.17) is 0 Å². The number of benzene rings is 2. The van der Waals surface area contributed by atoms with Crippen LogP contribution in [0.15, 0.2) is 53.3 Å². The van der Waals surface area contributed by atoms with Crippen LogP contribution in [0.25, 0.3) is 16.6 Å². The van der Waals surface area contributed by atoms with E-state index in [1.807, 2.05) is 76.2 Å². The van der Waals surface area contributed by atoms with E-state index in [1.54, 1.807) is 4.68 Å². The van der Waals surface area contributed by atoms with Gasteiger partial charge in [0.25, 0.3) is 5.56 Å². The first-order valence-electron chi connectivity index (χ1n) is 11.3. The number of amides is 1. The molecule has 0 aliphatic heterocycles. The Kier molecular flexibility index (Phi) is 6.14. The average Bonchev–Trinajstić information content (AvgIpc) is 3.17. The summed E-state index contributed by atoms with van der Waals surface area (Å²) >= 11 is 0. The number of aryl methyl sites for hydroxylation is 4. The first-order valence-corrected chi connectivity index (χ1v) is 11.3. The molecule has 0 fully saturated rings. The zero-order valence-corrected chi connectivity index (χ0v) is 19.7. The zero-order valence-electron chi connectivity index (χ0n) is 19.7. The van der Waals surface area contributed by atoms with Gasteiger partial charge in [-0.3, -0.25) is 9.59 Å². The van der Waals surface area contributed by atoms with Gasteiger partial charge < -0.3 is 5.32 Å². The highest BCUT2D eigenvalue weighted by molar-refractivity contribution is 5.95. The van der Waals surface area contributed by atoms with Gasteiger partial charge >= 0.3 is 0 Å². The van der Waals surface area contributed by atoms with Crippen LogP contribution in [-0.4, -0.2) is 25.5 Å². The average molecular weight is 444 g/mol. The molecule has 1 amide bonds. The minimum absolute atomic E-state index is 0.247. The minimum atomic E-state index is -0.732. The lowest BCUT2D eigenvalue weighted by molar-refractivity contribution is -0.119. The fourth-order valence-corrected chi connectivity index (χ4v) is 4.29. The van der Waals surface area contributed by atoms with Gasteiger partial charge in [0.15, 0.2) is 0 Å². The maximum Gasteiger partial charge on any atom is 0.278 e. The van der Waals surface area contributed by atoms with Crippen LogP contribution in [0.4, 0.5) is 5.69 Å². The molecule has 2 heterocycles. The first-order chi connectivity index (χ1) is 15.9. The number of para-hydroxylation sites is 2. The number of fused-ring (bicyclic) bond motifs is 1. The lowest BCUT2D eigenvalue weighted by Crippen LogP contribution is -2.35. The van der Waals surface area contributed by atoms with E-state index < -0.39 is 6.04 Å². The third kappa shape index (κ3) is 3.95. The summed E-state index contributed by atoms with van der Waals surface area (Å²) in [6, 6.07) is 14.9. The predicted molar refractivity (Wildman–Crippen MR) is 131 cm³/mol. The maximum absolute atomic E-state index is 13.6. The molecule has 2 aromatic heterocycles. The number of nitrogens with zero attached hydrogens (tertiary/aromatic N) is 4. The summed E-state index contributed by atoms with van der Waals surface area (Å²) in [5.41, 5.74) is 5.31. The summed E-state index contributed by atoms with van der Waals surface area (Å²) in [5.74, 6) is -0.247. The molecule has 0 saturated heterocycles. The number of anilines is 1. The molecule has 0 radical (unpaired) electrons. The molecule has 0 spiro atoms. The van der Waals surface area contributed by atoms with Crippen molar-refractivity contribution in [3.63, 3.8) is 0 Å². The van der Waals surface area contributed by atoms with Gasteiger partial charge in [0.2, 0.25) is 5.91 Å². The normalized spacial score (nSPS) is 12.2. The Balaban J connectivity index is 1.80. The van der Waals surface area contributed by atoms with Crippen molar-refractivity contribution >= 4 is 22.5 Å². The van der Waals surface area contributed by atoms with Crippen LogP contribution < -0.4 is 10.9 Å². The third-order valence-electron chi connectivity index (χ3n) is 6.11. The van der Waals surface area contributed by atoms with E-state index in [0.29, 0.717) is 23.0 Å². The molecule has 4 aromatic rings. The Labute approximate surface area is 193 Å². The minimum Gasteiger partial charge on any atom is -0.324 e. The first kappa shape index (κ1) is 22.5. The highest BCUT2D eigenvalue weighted by Crippen LogP contribution is 2.24. The Bertz CT molecular complexity index is 1390. The van der Waals surface area contributed by atoms with Crippen LogP contribution in [0.1, 0.15) is 48.8 Å². The van der Waals surface area contributed by atoms with Gasteiger partial charge in [-0.25, -0.2) is 9.36 Å². The van der Waals surface area contributed by atoms with Crippen molar-refractivity contribution in [3.8, 4) is 5.69 Å². The van der Waals surface area contributed by atoms with E-state index in [9.17, 15) is 9.59 Å². The largest absolute Gasteiger partial charge is 0.324 e. The Morgan fingerprint density at radius 1 is 1.00 bits per heavy atom. The molecule has 7 heteroatoms. The van der Waals surface area contributed by atoms with Crippen molar-refractivity contribution in [3.05, 3.63) is 81.4 Å². The highest BCUT2D eigenvalue weighted by atomic mass is 16.2. The van der Waals surface area contributed by atoms with E-state index in [2.05, 4.69) is 22.4 Å². The number of rotatable bonds is 6. The van der Waals surface area contributed by atoms with Crippen LogP contribution in [0, 0.1) is 20.8 Å². The van der Waals surface area contributed by atoms with Crippen LogP contribution in [0.5, 0.6) is 0 Å². The van der Waals surface area contributed by atoms with Crippen LogP contribution in [0.3, 0.4) is 0 Å². The number of aromatic nitrogens is 4. The quantitative estimate of drug-likeness (QED) is 0.470. The molecule has 0 bridgehead atoms. The summed E-state index contributed by atoms with van der Waals surface area (Å²) in [7, 11) is 0. The summed E-state index contributed by atoms with van der Waals surface area (Å²) in [5, 5.41) is 12.7. The predicted octanol–water partition coefficient (Wildman–Crippen LogP) is 4.66. The molecular weight excluding hydrogens is 414 g/mol. The molecule has 0 aliphatic rings. The van der Waals surface area contributed by atoms with Crippen molar-refractivity contribution in [2.75, 3.05) is 5.32 Å². The lowest BCUT2D eigenvalue weighted by atomic mass is 10.1. The Morgan fingerprint density at radius 3 is 2.39 bits per heavy atom. The van der Waals surface area contributed by atoms with Crippen LogP contribution in [-0.2, 0) is 11.2 Å². The molecular formula is C26H29N5O2. The summed E-state index contributed by atoms with van der Waals surface area (Å²) in [6.45, 7) is 9.60. The molecule has 33 heavy (non-hydrogen) atoms. The molecule has 0 saturated carbocycles.